The molecule has 0 unspecified atom stereocenters. The monoisotopic (exact) mass is 257 g/mol. The number of hydrogen-bond donors (Lipinski definition) is 2. The number of carboxylic acid groups (broad SMARTS) is 1. The molecule has 0 aliphatic carbocycles. The lowest BCUT2D eigenvalue weighted by molar-refractivity contribution is -0.162. The number of ether oxygens (including phenoxy) is 1. The Morgan fingerprint density at radius 2 is 1.83 bits per heavy atom. The van der Waals surface area contributed by atoms with Crippen molar-refractivity contribution >= 4 is 17.9 Å². The van der Waals surface area contributed by atoms with Gasteiger partial charge in [0, 0.05) is 0 Å². The molecule has 0 aromatic carbocycles. The molecule has 1 rings (SSSR count). The molecule has 0 amide bonds. The summed E-state index contributed by atoms with van der Waals surface area (Å²) >= 11 is 0. The van der Waals surface area contributed by atoms with Crippen LogP contribution in [0.4, 0.5) is 0 Å². The second-order valence-corrected chi connectivity index (χ2v) is 4.40. The van der Waals surface area contributed by atoms with Gasteiger partial charge in [-0.15, -0.1) is 0 Å². The van der Waals surface area contributed by atoms with Crippen LogP contribution in [0.25, 0.3) is 0 Å². The summed E-state index contributed by atoms with van der Waals surface area (Å²) in [7, 11) is 0. The molecule has 0 saturated carbocycles. The minimum Gasteiger partial charge on any atom is -0.481 e. The first-order valence-corrected chi connectivity index (χ1v) is 6.29. The zero-order valence-electron chi connectivity index (χ0n) is 10.3. The molecule has 1 atom stereocenters. The van der Waals surface area contributed by atoms with Crippen LogP contribution in [0.15, 0.2) is 0 Å². The zero-order valence-corrected chi connectivity index (χ0v) is 10.3. The fourth-order valence-electron chi connectivity index (χ4n) is 1.85. The summed E-state index contributed by atoms with van der Waals surface area (Å²) in [4.78, 5) is 33.2. The molecule has 102 valence electrons. The molecule has 0 spiro atoms. The number of carbonyl (C=O) groups is 3. The Morgan fingerprint density at radius 3 is 2.56 bits per heavy atom. The highest BCUT2D eigenvalue weighted by molar-refractivity contribution is 5.89. The van der Waals surface area contributed by atoms with E-state index >= 15 is 0 Å². The van der Waals surface area contributed by atoms with Crippen molar-refractivity contribution in [2.75, 3.05) is 6.54 Å². The van der Waals surface area contributed by atoms with E-state index in [0.29, 0.717) is 6.42 Å². The van der Waals surface area contributed by atoms with Crippen molar-refractivity contribution in [3.8, 4) is 0 Å². The lowest BCUT2D eigenvalue weighted by atomic mass is 10.0. The fraction of sp³-hybridized carbons (Fsp3) is 0.750. The summed E-state index contributed by atoms with van der Waals surface area (Å²) in [6.07, 6.45) is 4.24. The molecule has 0 aromatic rings. The van der Waals surface area contributed by atoms with Gasteiger partial charge in [-0.2, -0.15) is 0 Å². The Balaban J connectivity index is 2.33. The number of nitrogens with one attached hydrogen (secondary N) is 1. The van der Waals surface area contributed by atoms with Crippen molar-refractivity contribution < 1.29 is 24.2 Å². The third-order valence-corrected chi connectivity index (χ3v) is 2.85. The lowest BCUT2D eigenvalue weighted by Crippen LogP contribution is -2.40. The van der Waals surface area contributed by atoms with E-state index in [0.717, 1.165) is 32.2 Å². The predicted molar refractivity (Wildman–Crippen MR) is 62.8 cm³/mol. The molecule has 1 aliphatic heterocycles. The van der Waals surface area contributed by atoms with Crippen LogP contribution < -0.4 is 5.32 Å². The molecule has 1 aliphatic rings. The molecule has 6 heteroatoms. The molecule has 0 aromatic heterocycles. The number of aliphatic carboxylic acids is 1. The van der Waals surface area contributed by atoms with Gasteiger partial charge in [0.15, 0.2) is 0 Å². The van der Waals surface area contributed by atoms with Gasteiger partial charge in [-0.25, -0.2) is 4.79 Å². The number of rotatable bonds is 4. The van der Waals surface area contributed by atoms with E-state index in [1.165, 1.54) is 0 Å². The van der Waals surface area contributed by atoms with Gasteiger partial charge in [-0.05, 0) is 19.4 Å². The van der Waals surface area contributed by atoms with Crippen LogP contribution in [0.2, 0.25) is 0 Å². The molecule has 1 heterocycles. The van der Waals surface area contributed by atoms with Crippen LogP contribution in [0.3, 0.4) is 0 Å². The van der Waals surface area contributed by atoms with Crippen LogP contribution in [0, 0.1) is 0 Å². The number of esters is 2. The van der Waals surface area contributed by atoms with E-state index in [9.17, 15) is 14.4 Å². The van der Waals surface area contributed by atoms with Gasteiger partial charge in [0.1, 0.15) is 6.04 Å². The number of carboxylic acids is 1. The van der Waals surface area contributed by atoms with Crippen molar-refractivity contribution in [1.82, 2.24) is 5.32 Å². The molecule has 0 bridgehead atoms. The smallest absolute Gasteiger partial charge is 0.330 e. The molecule has 6 nitrogen and oxygen atoms in total. The van der Waals surface area contributed by atoms with Gasteiger partial charge in [0.2, 0.25) is 0 Å². The number of carbonyl (C=O) groups excluding carboxylic acids is 2. The normalized spacial score (nSPS) is 20.6. The lowest BCUT2D eigenvalue weighted by Gasteiger charge is -2.19. The Bertz CT molecular complexity index is 308. The Kier molecular flexibility index (Phi) is 6.35. The first-order valence-electron chi connectivity index (χ1n) is 6.29. The highest BCUT2D eigenvalue weighted by Gasteiger charge is 2.22. The van der Waals surface area contributed by atoms with Crippen molar-refractivity contribution in [1.29, 1.82) is 0 Å². The highest BCUT2D eigenvalue weighted by atomic mass is 16.6. The average molecular weight is 257 g/mol. The van der Waals surface area contributed by atoms with E-state index in [4.69, 9.17) is 5.11 Å². The summed E-state index contributed by atoms with van der Waals surface area (Å²) in [6.45, 7) is 0.739. The Labute approximate surface area is 106 Å². The van der Waals surface area contributed by atoms with Crippen LogP contribution in [0.5, 0.6) is 0 Å². The molecule has 1 fully saturated rings. The molecule has 2 N–H and O–H groups in total. The summed E-state index contributed by atoms with van der Waals surface area (Å²) < 4.78 is 4.63. The minimum absolute atomic E-state index is 0.270. The highest BCUT2D eigenvalue weighted by Crippen LogP contribution is 2.11. The van der Waals surface area contributed by atoms with Gasteiger partial charge in [-0.3, -0.25) is 9.59 Å². The van der Waals surface area contributed by atoms with Crippen LogP contribution in [-0.4, -0.2) is 35.6 Å². The number of hydrogen-bond acceptors (Lipinski definition) is 5. The molecule has 18 heavy (non-hydrogen) atoms. The van der Waals surface area contributed by atoms with Crippen molar-refractivity contribution in [2.45, 2.75) is 51.0 Å². The van der Waals surface area contributed by atoms with Gasteiger partial charge in [-0.1, -0.05) is 19.3 Å². The van der Waals surface area contributed by atoms with Crippen LogP contribution in [0.1, 0.15) is 44.9 Å². The SMILES string of the molecule is O=C(O)CCC(=O)OC(=O)[C@@H]1CCCCCCN1. The van der Waals surface area contributed by atoms with Gasteiger partial charge in [0.25, 0.3) is 0 Å². The molecule has 0 radical (unpaired) electrons. The van der Waals surface area contributed by atoms with Gasteiger partial charge in [0.05, 0.1) is 12.8 Å². The summed E-state index contributed by atoms with van der Waals surface area (Å²) in [6, 6.07) is -0.445. The summed E-state index contributed by atoms with van der Waals surface area (Å²) in [5.74, 6) is -2.44. The molecule has 1 saturated heterocycles. The van der Waals surface area contributed by atoms with Crippen molar-refractivity contribution in [2.24, 2.45) is 0 Å². The van der Waals surface area contributed by atoms with E-state index in [-0.39, 0.29) is 12.8 Å². The third kappa shape index (κ3) is 5.77. The maximum absolute atomic E-state index is 11.7. The minimum atomic E-state index is -1.08. The standard InChI is InChI=1S/C12H19NO5/c14-10(15)6-7-11(16)18-12(17)9-5-3-1-2-4-8-13-9/h9,13H,1-8H2,(H,14,15)/t9-/m0/s1. The van der Waals surface area contributed by atoms with Gasteiger partial charge >= 0.3 is 17.9 Å². The van der Waals surface area contributed by atoms with E-state index in [1.807, 2.05) is 0 Å². The Hall–Kier alpha value is -1.43. The molecular weight excluding hydrogens is 238 g/mol. The predicted octanol–water partition coefficient (Wildman–Crippen LogP) is 0.843. The second kappa shape index (κ2) is 7.81. The molecular formula is C12H19NO5. The first kappa shape index (κ1) is 14.6. The summed E-state index contributed by atoms with van der Waals surface area (Å²) in [5, 5.41) is 11.5. The topological polar surface area (TPSA) is 92.7 Å². The van der Waals surface area contributed by atoms with Crippen molar-refractivity contribution in [3.63, 3.8) is 0 Å². The first-order chi connectivity index (χ1) is 8.59. The zero-order chi connectivity index (χ0) is 13.4. The quantitative estimate of drug-likeness (QED) is 0.572. The average Bonchev–Trinajstić information content (AvgIpc) is 2.25. The maximum Gasteiger partial charge on any atom is 0.330 e. The third-order valence-electron chi connectivity index (χ3n) is 2.85. The summed E-state index contributed by atoms with van der Waals surface area (Å²) in [5.41, 5.74) is 0. The maximum atomic E-state index is 11.7. The van der Waals surface area contributed by atoms with Crippen LogP contribution in [-0.2, 0) is 19.1 Å². The van der Waals surface area contributed by atoms with Gasteiger partial charge < -0.3 is 15.2 Å². The second-order valence-electron chi connectivity index (χ2n) is 4.40. The van der Waals surface area contributed by atoms with Crippen LogP contribution >= 0.6 is 0 Å². The van der Waals surface area contributed by atoms with Crippen molar-refractivity contribution in [3.05, 3.63) is 0 Å². The van der Waals surface area contributed by atoms with E-state index in [1.54, 1.807) is 0 Å². The van der Waals surface area contributed by atoms with E-state index < -0.39 is 23.9 Å². The van der Waals surface area contributed by atoms with E-state index in [2.05, 4.69) is 10.1 Å². The Morgan fingerprint density at radius 1 is 1.11 bits per heavy atom. The largest absolute Gasteiger partial charge is 0.481 e. The fourth-order valence-corrected chi connectivity index (χ4v) is 1.85.